The lowest BCUT2D eigenvalue weighted by Gasteiger charge is -2.11. The van der Waals surface area contributed by atoms with Gasteiger partial charge in [-0.2, -0.15) is 0 Å². The molecule has 0 aliphatic rings. The van der Waals surface area contributed by atoms with E-state index in [0.717, 1.165) is 16.6 Å². The van der Waals surface area contributed by atoms with Crippen LogP contribution in [-0.2, 0) is 6.42 Å². The topological polar surface area (TPSA) is 66.2 Å². The van der Waals surface area contributed by atoms with E-state index in [1.807, 2.05) is 36.4 Å². The standard InChI is InChI=1S/C19H18ClN3O2S/c1-25-14-7-6-12-10-13(18(24)22-17(12)11-14)8-9-21-19(26)23-16-5-3-2-4-15(16)20/h2-7,10-11H,8-9H2,1H3,(H,22,24)(H2,21,23,26). The second kappa shape index (κ2) is 8.21. The molecule has 2 aromatic carbocycles. The lowest BCUT2D eigenvalue weighted by Crippen LogP contribution is -2.31. The van der Waals surface area contributed by atoms with Gasteiger partial charge in [-0.3, -0.25) is 4.79 Å². The number of aromatic nitrogens is 1. The van der Waals surface area contributed by atoms with Gasteiger partial charge in [0.1, 0.15) is 5.75 Å². The summed E-state index contributed by atoms with van der Waals surface area (Å²) in [4.78, 5) is 15.1. The van der Waals surface area contributed by atoms with E-state index in [1.165, 1.54) is 0 Å². The number of pyridine rings is 1. The monoisotopic (exact) mass is 387 g/mol. The van der Waals surface area contributed by atoms with Crippen molar-refractivity contribution in [2.75, 3.05) is 19.0 Å². The zero-order valence-electron chi connectivity index (χ0n) is 14.1. The van der Waals surface area contributed by atoms with E-state index in [2.05, 4.69) is 15.6 Å². The van der Waals surface area contributed by atoms with Crippen LogP contribution in [0.1, 0.15) is 5.56 Å². The van der Waals surface area contributed by atoms with Gasteiger partial charge in [-0.1, -0.05) is 23.7 Å². The molecule has 3 aromatic rings. The first-order valence-corrected chi connectivity index (χ1v) is 8.85. The van der Waals surface area contributed by atoms with E-state index in [4.69, 9.17) is 28.6 Å². The van der Waals surface area contributed by atoms with Crippen molar-refractivity contribution < 1.29 is 4.74 Å². The second-order valence-corrected chi connectivity index (χ2v) is 6.50. The normalized spacial score (nSPS) is 10.5. The van der Waals surface area contributed by atoms with Crippen LogP contribution in [0.3, 0.4) is 0 Å². The minimum absolute atomic E-state index is 0.113. The summed E-state index contributed by atoms with van der Waals surface area (Å²) in [5, 5.41) is 8.14. The van der Waals surface area contributed by atoms with Crippen molar-refractivity contribution in [1.29, 1.82) is 0 Å². The number of halogens is 1. The zero-order chi connectivity index (χ0) is 18.5. The number of thiocarbonyl (C=S) groups is 1. The van der Waals surface area contributed by atoms with Gasteiger partial charge in [0, 0.05) is 18.2 Å². The molecule has 0 aliphatic heterocycles. The van der Waals surface area contributed by atoms with Gasteiger partial charge in [-0.15, -0.1) is 0 Å². The van der Waals surface area contributed by atoms with Crippen molar-refractivity contribution in [3.8, 4) is 5.75 Å². The van der Waals surface area contributed by atoms with E-state index >= 15 is 0 Å². The number of para-hydroxylation sites is 1. The summed E-state index contributed by atoms with van der Waals surface area (Å²) >= 11 is 11.4. The van der Waals surface area contributed by atoms with Crippen LogP contribution < -0.4 is 20.9 Å². The van der Waals surface area contributed by atoms with Crippen LogP contribution in [-0.4, -0.2) is 23.8 Å². The summed E-state index contributed by atoms with van der Waals surface area (Å²) in [7, 11) is 1.60. The van der Waals surface area contributed by atoms with Crippen LogP contribution in [0.25, 0.3) is 10.9 Å². The molecule has 7 heteroatoms. The van der Waals surface area contributed by atoms with E-state index in [0.29, 0.717) is 34.4 Å². The highest BCUT2D eigenvalue weighted by Crippen LogP contribution is 2.20. The number of benzene rings is 2. The number of rotatable bonds is 5. The van der Waals surface area contributed by atoms with Crippen LogP contribution in [0.15, 0.2) is 53.3 Å². The highest BCUT2D eigenvalue weighted by atomic mass is 35.5. The van der Waals surface area contributed by atoms with Crippen molar-refractivity contribution in [3.05, 3.63) is 69.5 Å². The lowest BCUT2D eigenvalue weighted by atomic mass is 10.1. The van der Waals surface area contributed by atoms with Crippen molar-refractivity contribution in [1.82, 2.24) is 10.3 Å². The molecule has 0 unspecified atom stereocenters. The summed E-state index contributed by atoms with van der Waals surface area (Å²) in [6, 6.07) is 14.8. The van der Waals surface area contributed by atoms with Gasteiger partial charge >= 0.3 is 0 Å². The minimum Gasteiger partial charge on any atom is -0.497 e. The number of H-pyrrole nitrogens is 1. The number of anilines is 1. The molecule has 0 saturated heterocycles. The Balaban J connectivity index is 1.62. The van der Waals surface area contributed by atoms with Gasteiger partial charge in [0.2, 0.25) is 0 Å². The second-order valence-electron chi connectivity index (χ2n) is 5.69. The average Bonchev–Trinajstić information content (AvgIpc) is 2.63. The maximum absolute atomic E-state index is 12.3. The molecule has 5 nitrogen and oxygen atoms in total. The third-order valence-electron chi connectivity index (χ3n) is 3.93. The molecule has 3 rings (SSSR count). The molecule has 0 atom stereocenters. The fraction of sp³-hybridized carbons (Fsp3) is 0.158. The van der Waals surface area contributed by atoms with Gasteiger partial charge in [0.05, 0.1) is 23.3 Å². The fourth-order valence-corrected chi connectivity index (χ4v) is 2.97. The Hall–Kier alpha value is -2.57. The number of methoxy groups -OCH3 is 1. The fourth-order valence-electron chi connectivity index (χ4n) is 2.58. The molecule has 1 heterocycles. The summed E-state index contributed by atoms with van der Waals surface area (Å²) < 4.78 is 5.18. The van der Waals surface area contributed by atoms with Crippen molar-refractivity contribution >= 4 is 45.5 Å². The molecule has 0 aliphatic carbocycles. The number of nitrogens with one attached hydrogen (secondary N) is 3. The molecule has 0 amide bonds. The Morgan fingerprint density at radius 3 is 2.81 bits per heavy atom. The predicted molar refractivity (Wildman–Crippen MR) is 111 cm³/mol. The Labute approximate surface area is 161 Å². The number of aromatic amines is 1. The van der Waals surface area contributed by atoms with E-state index in [9.17, 15) is 4.79 Å². The van der Waals surface area contributed by atoms with E-state index in [-0.39, 0.29) is 5.56 Å². The molecule has 0 fully saturated rings. The van der Waals surface area contributed by atoms with Crippen LogP contribution in [0, 0.1) is 0 Å². The molecule has 134 valence electrons. The summed E-state index contributed by atoms with van der Waals surface area (Å²) in [6.45, 7) is 0.529. The first kappa shape index (κ1) is 18.2. The molecule has 0 saturated carbocycles. The Morgan fingerprint density at radius 2 is 2.04 bits per heavy atom. The number of ether oxygens (including phenoxy) is 1. The first-order chi connectivity index (χ1) is 12.6. The number of hydrogen-bond acceptors (Lipinski definition) is 3. The quantitative estimate of drug-likeness (QED) is 0.582. The highest BCUT2D eigenvalue weighted by molar-refractivity contribution is 7.80. The smallest absolute Gasteiger partial charge is 0.251 e. The first-order valence-electron chi connectivity index (χ1n) is 8.06. The number of hydrogen-bond donors (Lipinski definition) is 3. The van der Waals surface area contributed by atoms with Crippen LogP contribution in [0.5, 0.6) is 5.75 Å². The molecule has 0 bridgehead atoms. The Kier molecular flexibility index (Phi) is 5.75. The average molecular weight is 388 g/mol. The Bertz CT molecular complexity index is 1000. The van der Waals surface area contributed by atoms with Gasteiger partial charge in [-0.05, 0) is 54.4 Å². The zero-order valence-corrected chi connectivity index (χ0v) is 15.7. The maximum atomic E-state index is 12.3. The van der Waals surface area contributed by atoms with Crippen molar-refractivity contribution in [2.24, 2.45) is 0 Å². The molecular weight excluding hydrogens is 370 g/mol. The summed E-state index contributed by atoms with van der Waals surface area (Å²) in [6.07, 6.45) is 0.543. The molecule has 1 aromatic heterocycles. The molecule has 0 spiro atoms. The molecule has 26 heavy (non-hydrogen) atoms. The maximum Gasteiger partial charge on any atom is 0.251 e. The lowest BCUT2D eigenvalue weighted by molar-refractivity contribution is 0.415. The van der Waals surface area contributed by atoms with Crippen LogP contribution in [0.4, 0.5) is 5.69 Å². The largest absolute Gasteiger partial charge is 0.497 e. The molecular formula is C19H18ClN3O2S. The van der Waals surface area contributed by atoms with E-state index in [1.54, 1.807) is 19.2 Å². The SMILES string of the molecule is COc1ccc2cc(CCNC(=S)Nc3ccccc3Cl)c(=O)[nH]c2c1. The Morgan fingerprint density at radius 1 is 1.23 bits per heavy atom. The number of fused-ring (bicyclic) bond motifs is 1. The van der Waals surface area contributed by atoms with Crippen LogP contribution in [0.2, 0.25) is 5.02 Å². The van der Waals surface area contributed by atoms with Crippen molar-refractivity contribution in [2.45, 2.75) is 6.42 Å². The third kappa shape index (κ3) is 4.33. The predicted octanol–water partition coefficient (Wildman–Crippen LogP) is 3.72. The molecule has 3 N–H and O–H groups in total. The van der Waals surface area contributed by atoms with Crippen LogP contribution >= 0.6 is 23.8 Å². The van der Waals surface area contributed by atoms with Gasteiger partial charge in [0.25, 0.3) is 5.56 Å². The minimum atomic E-state index is -0.113. The third-order valence-corrected chi connectivity index (χ3v) is 4.51. The summed E-state index contributed by atoms with van der Waals surface area (Å²) in [5.41, 5.74) is 2.07. The van der Waals surface area contributed by atoms with E-state index < -0.39 is 0 Å². The summed E-state index contributed by atoms with van der Waals surface area (Å²) in [5.74, 6) is 0.707. The van der Waals surface area contributed by atoms with Gasteiger partial charge in [0.15, 0.2) is 5.11 Å². The molecule has 0 radical (unpaired) electrons. The highest BCUT2D eigenvalue weighted by Gasteiger charge is 2.06. The van der Waals surface area contributed by atoms with Crippen molar-refractivity contribution in [3.63, 3.8) is 0 Å². The van der Waals surface area contributed by atoms with Gasteiger partial charge < -0.3 is 20.4 Å². The van der Waals surface area contributed by atoms with Gasteiger partial charge in [-0.25, -0.2) is 0 Å².